The fourth-order valence-electron chi connectivity index (χ4n) is 4.00. The van der Waals surface area contributed by atoms with E-state index in [1.54, 1.807) is 50.2 Å². The van der Waals surface area contributed by atoms with Crippen LogP contribution in [0.2, 0.25) is 0 Å². The van der Waals surface area contributed by atoms with Gasteiger partial charge in [-0.3, -0.25) is 4.72 Å². The van der Waals surface area contributed by atoms with Gasteiger partial charge in [0.25, 0.3) is 0 Å². The van der Waals surface area contributed by atoms with Crippen LogP contribution >= 0.6 is 0 Å². The second-order valence-corrected chi connectivity index (χ2v) is 10.6. The summed E-state index contributed by atoms with van der Waals surface area (Å²) in [6.07, 6.45) is 1.83. The highest BCUT2D eigenvalue weighted by Crippen LogP contribution is 2.39. The molecule has 0 saturated carbocycles. The Morgan fingerprint density at radius 1 is 1.21 bits per heavy atom. The van der Waals surface area contributed by atoms with E-state index in [4.69, 9.17) is 10.5 Å². The Morgan fingerprint density at radius 2 is 1.94 bits per heavy atom. The number of halogens is 2. The number of fused-ring (bicyclic) bond motifs is 1. The molecule has 1 saturated heterocycles. The van der Waals surface area contributed by atoms with Crippen molar-refractivity contribution < 1.29 is 26.7 Å². The summed E-state index contributed by atoms with van der Waals surface area (Å²) in [5.41, 5.74) is 9.61. The van der Waals surface area contributed by atoms with Crippen molar-refractivity contribution in [2.75, 3.05) is 17.1 Å². The zero-order valence-electron chi connectivity index (χ0n) is 18.4. The van der Waals surface area contributed by atoms with Crippen molar-refractivity contribution in [1.29, 1.82) is 0 Å². The molecule has 1 atom stereocenters. The van der Waals surface area contributed by atoms with Crippen LogP contribution in [0.25, 0.3) is 22.2 Å². The molecule has 1 aliphatic heterocycles. The second kappa shape index (κ2) is 9.18. The van der Waals surface area contributed by atoms with Crippen molar-refractivity contribution in [2.45, 2.75) is 51.2 Å². The Bertz CT molecular complexity index is 1230. The van der Waals surface area contributed by atoms with E-state index in [-0.39, 0.29) is 11.9 Å². The number of alkyl halides is 2. The summed E-state index contributed by atoms with van der Waals surface area (Å²) >= 11 is 0. The van der Waals surface area contributed by atoms with Crippen molar-refractivity contribution in [3.8, 4) is 17.0 Å². The molecular weight excluding hydrogens is 452 g/mol. The van der Waals surface area contributed by atoms with Crippen molar-refractivity contribution in [2.24, 2.45) is 0 Å². The molecule has 178 valence electrons. The monoisotopic (exact) mass is 479 g/mol. The minimum Gasteiger partial charge on any atom is -0.435 e. The van der Waals surface area contributed by atoms with E-state index in [9.17, 15) is 17.2 Å². The molecule has 3 N–H and O–H groups in total. The van der Waals surface area contributed by atoms with E-state index in [1.165, 1.54) is 6.07 Å². The van der Waals surface area contributed by atoms with Gasteiger partial charge in [0.05, 0.1) is 28.3 Å². The molecule has 33 heavy (non-hydrogen) atoms. The van der Waals surface area contributed by atoms with Gasteiger partial charge in [-0.05, 0) is 51.0 Å². The molecule has 2 aromatic carbocycles. The number of ether oxygens (including phenoxy) is 2. The van der Waals surface area contributed by atoms with Crippen LogP contribution in [0.1, 0.15) is 26.7 Å². The van der Waals surface area contributed by atoms with E-state index in [1.807, 2.05) is 4.57 Å². The molecule has 4 rings (SSSR count). The number of hydrogen-bond donors (Lipinski definition) is 2. The molecule has 1 aliphatic rings. The molecule has 3 aromatic rings. The predicted molar refractivity (Wildman–Crippen MR) is 125 cm³/mol. The highest BCUT2D eigenvalue weighted by atomic mass is 32.2. The Kier molecular flexibility index (Phi) is 6.49. The summed E-state index contributed by atoms with van der Waals surface area (Å²) < 4.78 is 64.8. The number of hydrogen-bond acceptors (Lipinski definition) is 5. The maximum Gasteiger partial charge on any atom is 0.387 e. The van der Waals surface area contributed by atoms with Crippen LogP contribution in [-0.2, 0) is 21.3 Å². The SMILES string of the molecule is CC(C)S(=O)(=O)Nc1ccc(-c2c(N)c3ccc(OC(F)F)cc3n2CC2CCCO2)cc1. The molecule has 7 nitrogen and oxygen atoms in total. The molecule has 0 spiro atoms. The summed E-state index contributed by atoms with van der Waals surface area (Å²) in [6.45, 7) is 1.46. The van der Waals surface area contributed by atoms with Gasteiger partial charge in [0.2, 0.25) is 10.0 Å². The Hall–Kier alpha value is -2.85. The molecule has 1 unspecified atom stereocenters. The molecule has 0 amide bonds. The lowest BCUT2D eigenvalue weighted by Gasteiger charge is -2.17. The fraction of sp³-hybridized carbons (Fsp3) is 0.391. The molecule has 10 heteroatoms. The van der Waals surface area contributed by atoms with Gasteiger partial charge >= 0.3 is 6.61 Å². The number of nitrogen functional groups attached to an aromatic ring is 1. The largest absolute Gasteiger partial charge is 0.435 e. The summed E-state index contributed by atoms with van der Waals surface area (Å²) in [5.74, 6) is 0.0496. The van der Waals surface area contributed by atoms with Gasteiger partial charge in [0.1, 0.15) is 5.75 Å². The Labute approximate surface area is 191 Å². The lowest BCUT2D eigenvalue weighted by atomic mass is 10.1. The number of anilines is 2. The lowest BCUT2D eigenvalue weighted by Crippen LogP contribution is -2.22. The smallest absolute Gasteiger partial charge is 0.387 e. The summed E-state index contributed by atoms with van der Waals surface area (Å²) in [4.78, 5) is 0. The fourth-order valence-corrected chi connectivity index (χ4v) is 4.70. The van der Waals surface area contributed by atoms with Crippen LogP contribution in [-0.4, -0.2) is 37.6 Å². The number of nitrogens with one attached hydrogen (secondary N) is 1. The van der Waals surface area contributed by atoms with E-state index in [2.05, 4.69) is 9.46 Å². The number of nitrogens with two attached hydrogens (primary N) is 1. The van der Waals surface area contributed by atoms with E-state index in [0.29, 0.717) is 41.1 Å². The van der Waals surface area contributed by atoms with E-state index < -0.39 is 21.9 Å². The average molecular weight is 480 g/mol. The van der Waals surface area contributed by atoms with Crippen molar-refractivity contribution in [1.82, 2.24) is 4.57 Å². The van der Waals surface area contributed by atoms with Crippen LogP contribution in [0, 0.1) is 0 Å². The van der Waals surface area contributed by atoms with Gasteiger partial charge in [-0.15, -0.1) is 0 Å². The van der Waals surface area contributed by atoms with Gasteiger partial charge in [0.15, 0.2) is 0 Å². The third-order valence-electron chi connectivity index (χ3n) is 5.75. The Morgan fingerprint density at radius 3 is 2.55 bits per heavy atom. The predicted octanol–water partition coefficient (Wildman–Crippen LogP) is 4.82. The number of aromatic nitrogens is 1. The molecular formula is C23H27F2N3O4S. The Balaban J connectivity index is 1.77. The third-order valence-corrected chi connectivity index (χ3v) is 7.51. The van der Waals surface area contributed by atoms with Gasteiger partial charge in [0, 0.05) is 35.9 Å². The van der Waals surface area contributed by atoms with E-state index in [0.717, 1.165) is 18.4 Å². The molecule has 0 bridgehead atoms. The number of rotatable bonds is 8. The van der Waals surface area contributed by atoms with E-state index >= 15 is 0 Å². The number of sulfonamides is 1. The van der Waals surface area contributed by atoms with Crippen LogP contribution in [0.3, 0.4) is 0 Å². The maximum atomic E-state index is 12.8. The highest BCUT2D eigenvalue weighted by Gasteiger charge is 2.23. The topological polar surface area (TPSA) is 95.6 Å². The number of nitrogens with zero attached hydrogens (tertiary/aromatic N) is 1. The summed E-state index contributed by atoms with van der Waals surface area (Å²) in [6, 6.07) is 11.6. The molecule has 2 heterocycles. The quantitative estimate of drug-likeness (QED) is 0.483. The standard InChI is InChI=1S/C23H27F2N3O4S/c1-14(2)33(29,30)27-16-7-5-15(6-8-16)22-21(26)19-10-9-17(32-23(24)25)12-20(19)28(22)13-18-4-3-11-31-18/h5-10,12,14,18,23,27H,3-4,11,13,26H2,1-2H3. The van der Waals surface area contributed by atoms with Crippen LogP contribution in [0.4, 0.5) is 20.2 Å². The highest BCUT2D eigenvalue weighted by molar-refractivity contribution is 7.93. The first-order valence-corrected chi connectivity index (χ1v) is 12.3. The molecule has 0 aliphatic carbocycles. The normalized spacial score (nSPS) is 16.7. The molecule has 1 aromatic heterocycles. The lowest BCUT2D eigenvalue weighted by molar-refractivity contribution is -0.0497. The first-order chi connectivity index (χ1) is 15.7. The average Bonchev–Trinajstić information content (AvgIpc) is 3.35. The summed E-state index contributed by atoms with van der Waals surface area (Å²) in [5, 5.41) is 0.153. The first kappa shape index (κ1) is 23.3. The first-order valence-electron chi connectivity index (χ1n) is 10.8. The van der Waals surface area contributed by atoms with Gasteiger partial charge < -0.3 is 19.8 Å². The number of benzene rings is 2. The maximum absolute atomic E-state index is 12.8. The molecule has 1 fully saturated rings. The zero-order valence-corrected chi connectivity index (χ0v) is 19.2. The zero-order chi connectivity index (χ0) is 23.8. The van der Waals surface area contributed by atoms with Crippen LogP contribution < -0.4 is 15.2 Å². The van der Waals surface area contributed by atoms with Gasteiger partial charge in [-0.1, -0.05) is 12.1 Å². The van der Waals surface area contributed by atoms with Crippen molar-refractivity contribution in [3.05, 3.63) is 42.5 Å². The van der Waals surface area contributed by atoms with Crippen molar-refractivity contribution >= 4 is 32.3 Å². The van der Waals surface area contributed by atoms with Crippen LogP contribution in [0.5, 0.6) is 5.75 Å². The summed E-state index contributed by atoms with van der Waals surface area (Å²) in [7, 11) is -3.47. The molecule has 0 radical (unpaired) electrons. The van der Waals surface area contributed by atoms with Crippen LogP contribution in [0.15, 0.2) is 42.5 Å². The second-order valence-electron chi connectivity index (χ2n) is 8.34. The third kappa shape index (κ3) is 4.91. The minimum atomic E-state index is -3.47. The minimum absolute atomic E-state index is 0.0180. The van der Waals surface area contributed by atoms with Gasteiger partial charge in [-0.25, -0.2) is 8.42 Å². The van der Waals surface area contributed by atoms with Crippen molar-refractivity contribution in [3.63, 3.8) is 0 Å². The van der Waals surface area contributed by atoms with Gasteiger partial charge in [-0.2, -0.15) is 8.78 Å².